The third kappa shape index (κ3) is 2.83. The average Bonchev–Trinajstić information content (AvgIpc) is 2.70. The van der Waals surface area contributed by atoms with E-state index in [1.165, 1.54) is 22.0 Å². The predicted molar refractivity (Wildman–Crippen MR) is 71.7 cm³/mol. The lowest BCUT2D eigenvalue weighted by Crippen LogP contribution is -2.17. The van der Waals surface area contributed by atoms with E-state index in [4.69, 9.17) is 0 Å². The van der Waals surface area contributed by atoms with Crippen molar-refractivity contribution in [3.05, 3.63) is 49.5 Å². The molecule has 0 aliphatic carbocycles. The largest absolute Gasteiger partial charge is 0.321 e. The van der Waals surface area contributed by atoms with Crippen LogP contribution in [-0.4, -0.2) is 10.5 Å². The third-order valence-corrected chi connectivity index (χ3v) is 3.68. The summed E-state index contributed by atoms with van der Waals surface area (Å²) < 4.78 is 2.32. The van der Waals surface area contributed by atoms with Gasteiger partial charge in [-0.2, -0.15) is 0 Å². The summed E-state index contributed by atoms with van der Waals surface area (Å²) in [6.45, 7) is 0. The Bertz CT molecular complexity index is 618. The molecule has 2 aromatic heterocycles. The van der Waals surface area contributed by atoms with Crippen molar-refractivity contribution in [2.24, 2.45) is 7.05 Å². The highest BCUT2D eigenvalue weighted by Gasteiger charge is 2.08. The highest BCUT2D eigenvalue weighted by molar-refractivity contribution is 9.11. The lowest BCUT2D eigenvalue weighted by Gasteiger charge is -2.04. The number of nitrogens with one attached hydrogen (secondary N) is 1. The van der Waals surface area contributed by atoms with Gasteiger partial charge in [0, 0.05) is 24.7 Å². The highest BCUT2D eigenvalue weighted by atomic mass is 79.9. The fourth-order valence-electron chi connectivity index (χ4n) is 1.30. The van der Waals surface area contributed by atoms with E-state index in [1.807, 2.05) is 0 Å². The fourth-order valence-corrected chi connectivity index (χ4v) is 2.44. The molecule has 0 radical (unpaired) electrons. The van der Waals surface area contributed by atoms with Crippen molar-refractivity contribution >= 4 is 38.9 Å². The van der Waals surface area contributed by atoms with Gasteiger partial charge >= 0.3 is 0 Å². The number of rotatable bonds is 2. The van der Waals surface area contributed by atoms with E-state index in [1.54, 1.807) is 30.8 Å². The zero-order valence-electron chi connectivity index (χ0n) is 8.94. The molecule has 6 heteroatoms. The topological polar surface area (TPSA) is 51.1 Å². The molecule has 0 unspecified atom stereocenters. The maximum Gasteiger partial charge on any atom is 0.256 e. The van der Waals surface area contributed by atoms with Gasteiger partial charge in [-0.3, -0.25) is 9.59 Å². The molecular formula is C11H9BrN2O2S. The Balaban J connectivity index is 2.18. The lowest BCUT2D eigenvalue weighted by atomic mass is 10.3. The summed E-state index contributed by atoms with van der Waals surface area (Å²) in [4.78, 5) is 23.0. The molecular weight excluding hydrogens is 304 g/mol. The summed E-state index contributed by atoms with van der Waals surface area (Å²) in [7, 11) is 1.64. The first-order valence-electron chi connectivity index (χ1n) is 4.78. The van der Waals surface area contributed by atoms with Crippen molar-refractivity contribution in [3.8, 4) is 0 Å². The molecule has 2 rings (SSSR count). The first kappa shape index (κ1) is 12.1. The minimum Gasteiger partial charge on any atom is -0.321 e. The second kappa shape index (κ2) is 4.85. The Labute approximate surface area is 110 Å². The first-order valence-corrected chi connectivity index (χ1v) is 6.45. The normalized spacial score (nSPS) is 10.2. The summed E-state index contributed by atoms with van der Waals surface area (Å²) in [5, 5.41) is 4.49. The van der Waals surface area contributed by atoms with Crippen LogP contribution >= 0.6 is 27.3 Å². The SMILES string of the molecule is Cn1cc(NC(=O)c2csc(Br)c2)ccc1=O. The van der Waals surface area contributed by atoms with Crippen molar-refractivity contribution in [2.45, 2.75) is 0 Å². The van der Waals surface area contributed by atoms with Gasteiger partial charge in [-0.25, -0.2) is 0 Å². The zero-order chi connectivity index (χ0) is 12.4. The number of amides is 1. The molecule has 0 saturated carbocycles. The molecule has 1 N–H and O–H groups in total. The molecule has 0 saturated heterocycles. The Hall–Kier alpha value is -1.40. The van der Waals surface area contributed by atoms with Crippen molar-refractivity contribution in [3.63, 3.8) is 0 Å². The highest BCUT2D eigenvalue weighted by Crippen LogP contribution is 2.21. The van der Waals surface area contributed by atoms with Gasteiger partial charge in [0.2, 0.25) is 5.56 Å². The number of carbonyl (C=O) groups excluding carboxylic acids is 1. The average molecular weight is 313 g/mol. The van der Waals surface area contributed by atoms with Gasteiger partial charge in [0.05, 0.1) is 15.0 Å². The van der Waals surface area contributed by atoms with Gasteiger partial charge in [0.25, 0.3) is 5.91 Å². The van der Waals surface area contributed by atoms with Gasteiger partial charge in [-0.1, -0.05) is 0 Å². The summed E-state index contributed by atoms with van der Waals surface area (Å²) >= 11 is 4.75. The predicted octanol–water partition coefficient (Wildman–Crippen LogP) is 2.46. The molecule has 0 aliphatic heterocycles. The number of halogens is 1. The van der Waals surface area contributed by atoms with Crippen LogP contribution in [0.1, 0.15) is 10.4 Å². The number of aryl methyl sites for hydroxylation is 1. The smallest absolute Gasteiger partial charge is 0.256 e. The number of carbonyl (C=O) groups is 1. The number of thiophene rings is 1. The number of pyridine rings is 1. The molecule has 0 bridgehead atoms. The standard InChI is InChI=1S/C11H9BrN2O2S/c1-14-5-8(2-3-10(14)15)13-11(16)7-4-9(12)17-6-7/h2-6H,1H3,(H,13,16). The molecule has 4 nitrogen and oxygen atoms in total. The van der Waals surface area contributed by atoms with E-state index < -0.39 is 0 Å². The molecule has 0 aromatic carbocycles. The van der Waals surface area contributed by atoms with E-state index in [9.17, 15) is 9.59 Å². The van der Waals surface area contributed by atoms with Crippen LogP contribution in [0.25, 0.3) is 0 Å². The van der Waals surface area contributed by atoms with Crippen molar-refractivity contribution in [2.75, 3.05) is 5.32 Å². The van der Waals surface area contributed by atoms with Crippen LogP contribution in [0.5, 0.6) is 0 Å². The van der Waals surface area contributed by atoms with Crippen LogP contribution in [0.4, 0.5) is 5.69 Å². The van der Waals surface area contributed by atoms with Crippen molar-refractivity contribution < 1.29 is 4.79 Å². The van der Waals surface area contributed by atoms with E-state index in [2.05, 4.69) is 21.2 Å². The van der Waals surface area contributed by atoms with Crippen LogP contribution in [-0.2, 0) is 7.05 Å². The maximum atomic E-state index is 11.8. The molecule has 2 heterocycles. The number of anilines is 1. The van der Waals surface area contributed by atoms with Crippen LogP contribution in [0.3, 0.4) is 0 Å². The minimum atomic E-state index is -0.189. The fraction of sp³-hybridized carbons (Fsp3) is 0.0909. The maximum absolute atomic E-state index is 11.8. The van der Waals surface area contributed by atoms with Crippen LogP contribution < -0.4 is 10.9 Å². The molecule has 0 atom stereocenters. The Kier molecular flexibility index (Phi) is 3.44. The Morgan fingerprint density at radius 3 is 2.82 bits per heavy atom. The molecule has 2 aromatic rings. The van der Waals surface area contributed by atoms with Crippen molar-refractivity contribution in [1.29, 1.82) is 0 Å². The molecule has 88 valence electrons. The number of hydrogen-bond donors (Lipinski definition) is 1. The zero-order valence-corrected chi connectivity index (χ0v) is 11.3. The molecule has 1 amide bonds. The number of hydrogen-bond acceptors (Lipinski definition) is 3. The van der Waals surface area contributed by atoms with Crippen LogP contribution in [0, 0.1) is 0 Å². The third-order valence-electron chi connectivity index (χ3n) is 2.17. The van der Waals surface area contributed by atoms with Gasteiger partial charge in [-0.15, -0.1) is 11.3 Å². The van der Waals surface area contributed by atoms with Gasteiger partial charge < -0.3 is 9.88 Å². The monoisotopic (exact) mass is 312 g/mol. The molecule has 17 heavy (non-hydrogen) atoms. The molecule has 0 spiro atoms. The minimum absolute atomic E-state index is 0.110. The lowest BCUT2D eigenvalue weighted by molar-refractivity contribution is 0.102. The van der Waals surface area contributed by atoms with E-state index in [-0.39, 0.29) is 11.5 Å². The summed E-state index contributed by atoms with van der Waals surface area (Å²) in [5.41, 5.74) is 1.08. The summed E-state index contributed by atoms with van der Waals surface area (Å²) in [6.07, 6.45) is 1.58. The quantitative estimate of drug-likeness (QED) is 0.926. The number of aromatic nitrogens is 1. The van der Waals surface area contributed by atoms with E-state index in [0.717, 1.165) is 3.79 Å². The van der Waals surface area contributed by atoms with Gasteiger partial charge in [-0.05, 0) is 28.1 Å². The van der Waals surface area contributed by atoms with Crippen LogP contribution in [0.15, 0.2) is 38.4 Å². The Morgan fingerprint density at radius 1 is 1.47 bits per heavy atom. The second-order valence-corrected chi connectivity index (χ2v) is 5.75. The second-order valence-electron chi connectivity index (χ2n) is 3.46. The van der Waals surface area contributed by atoms with Gasteiger partial charge in [0.1, 0.15) is 0 Å². The van der Waals surface area contributed by atoms with Gasteiger partial charge in [0.15, 0.2) is 0 Å². The van der Waals surface area contributed by atoms with Crippen LogP contribution in [0.2, 0.25) is 0 Å². The molecule has 0 fully saturated rings. The van der Waals surface area contributed by atoms with E-state index >= 15 is 0 Å². The van der Waals surface area contributed by atoms with Crippen molar-refractivity contribution in [1.82, 2.24) is 4.57 Å². The summed E-state index contributed by atoms with van der Waals surface area (Å²) in [6, 6.07) is 4.75. The Morgan fingerprint density at radius 2 is 2.24 bits per heavy atom. The first-order chi connectivity index (χ1) is 8.06. The summed E-state index contributed by atoms with van der Waals surface area (Å²) in [5.74, 6) is -0.189. The molecule has 0 aliphatic rings. The number of nitrogens with zero attached hydrogens (tertiary/aromatic N) is 1. The van der Waals surface area contributed by atoms with E-state index in [0.29, 0.717) is 11.3 Å².